The zero-order chi connectivity index (χ0) is 22.6. The fraction of sp³-hybridized carbons (Fsp3) is 0.750. The fourth-order valence-corrected chi connectivity index (χ4v) is 4.45. The maximum absolute atomic E-state index is 2.43. The molecule has 1 aliphatic rings. The average Bonchev–Trinajstić information content (AvgIpc) is 2.80. The van der Waals surface area contributed by atoms with Crippen molar-refractivity contribution < 1.29 is 0 Å². The van der Waals surface area contributed by atoms with Gasteiger partial charge in [0.1, 0.15) is 0 Å². The van der Waals surface area contributed by atoms with E-state index in [0.29, 0.717) is 0 Å². The summed E-state index contributed by atoms with van der Waals surface area (Å²) < 4.78 is 0. The lowest BCUT2D eigenvalue weighted by molar-refractivity contribution is 0.638. The van der Waals surface area contributed by atoms with Gasteiger partial charge in [-0.25, -0.2) is 0 Å². The second kappa shape index (κ2) is 26.2. The van der Waals surface area contributed by atoms with Crippen LogP contribution in [0.5, 0.6) is 0 Å². The third-order valence-corrected chi connectivity index (χ3v) is 6.63. The molecule has 0 saturated carbocycles. The molecule has 0 N–H and O–H groups in total. The highest BCUT2D eigenvalue weighted by atomic mass is 14.0. The van der Waals surface area contributed by atoms with E-state index in [4.69, 9.17) is 0 Å². The Hall–Kier alpha value is -1.04. The van der Waals surface area contributed by atoms with Gasteiger partial charge in [-0.1, -0.05) is 100.0 Å². The van der Waals surface area contributed by atoms with Crippen molar-refractivity contribution in [1.29, 1.82) is 0 Å². The molecule has 0 aromatic rings. The van der Waals surface area contributed by atoms with Crippen molar-refractivity contribution >= 4 is 0 Å². The van der Waals surface area contributed by atoms with Gasteiger partial charge in [-0.2, -0.15) is 0 Å². The molecule has 0 aromatic heterocycles. The quantitative estimate of drug-likeness (QED) is 0.328. The van der Waals surface area contributed by atoms with Gasteiger partial charge in [0.2, 0.25) is 0 Å². The second-order valence-electron chi connectivity index (χ2n) is 9.85. The Morgan fingerprint density at radius 1 is 0.156 bits per heavy atom. The highest BCUT2D eigenvalue weighted by molar-refractivity contribution is 4.84. The van der Waals surface area contributed by atoms with Gasteiger partial charge < -0.3 is 0 Å². The molecule has 1 aliphatic carbocycles. The summed E-state index contributed by atoms with van der Waals surface area (Å²) in [5, 5.41) is 0. The Bertz CT molecular complexity index is 336. The molecule has 0 nitrogen and oxygen atoms in total. The zero-order valence-electron chi connectivity index (χ0n) is 21.6. The topological polar surface area (TPSA) is 0 Å². The Morgan fingerprint density at radius 2 is 0.281 bits per heavy atom. The van der Waals surface area contributed by atoms with Gasteiger partial charge in [0.05, 0.1) is 0 Å². The molecule has 0 heteroatoms. The van der Waals surface area contributed by atoms with Gasteiger partial charge in [-0.15, -0.1) is 0 Å². The second-order valence-corrected chi connectivity index (χ2v) is 9.85. The third-order valence-electron chi connectivity index (χ3n) is 6.63. The highest BCUT2D eigenvalue weighted by Crippen LogP contribution is 2.12. The molecule has 1 rings (SSSR count). The molecule has 0 amide bonds. The van der Waals surface area contributed by atoms with E-state index < -0.39 is 0 Å². The molecule has 0 aromatic carbocycles. The first-order valence-electron chi connectivity index (χ1n) is 14.6. The molecule has 0 fully saturated rings. The Morgan fingerprint density at radius 3 is 0.406 bits per heavy atom. The fourth-order valence-electron chi connectivity index (χ4n) is 4.45. The summed E-state index contributed by atoms with van der Waals surface area (Å²) >= 11 is 0. The largest absolute Gasteiger partial charge is 0.0885 e. The summed E-state index contributed by atoms with van der Waals surface area (Å²) in [6.45, 7) is 0. The van der Waals surface area contributed by atoms with E-state index >= 15 is 0 Å². The van der Waals surface area contributed by atoms with Gasteiger partial charge in [0.15, 0.2) is 0 Å². The van der Waals surface area contributed by atoms with Gasteiger partial charge in [0, 0.05) is 0 Å². The van der Waals surface area contributed by atoms with Crippen LogP contribution < -0.4 is 0 Å². The van der Waals surface area contributed by atoms with Crippen molar-refractivity contribution in [2.45, 2.75) is 154 Å². The molecule has 0 bridgehead atoms. The minimum Gasteiger partial charge on any atom is -0.0885 e. The van der Waals surface area contributed by atoms with E-state index in [0.717, 1.165) is 0 Å². The third kappa shape index (κ3) is 23.6. The molecule has 184 valence electrons. The van der Waals surface area contributed by atoms with Gasteiger partial charge >= 0.3 is 0 Å². The summed E-state index contributed by atoms with van der Waals surface area (Å²) in [5.41, 5.74) is 0. The van der Waals surface area contributed by atoms with Crippen LogP contribution in [-0.2, 0) is 0 Å². The predicted molar refractivity (Wildman–Crippen MR) is 147 cm³/mol. The average molecular weight is 441 g/mol. The van der Waals surface area contributed by atoms with E-state index in [2.05, 4.69) is 48.6 Å². The normalized spacial score (nSPS) is 26.0. The minimum absolute atomic E-state index is 1.29. The van der Waals surface area contributed by atoms with Crippen molar-refractivity contribution in [3.8, 4) is 0 Å². The smallest absolute Gasteiger partial charge is 0.0351 e. The van der Waals surface area contributed by atoms with Crippen LogP contribution in [0.3, 0.4) is 0 Å². The van der Waals surface area contributed by atoms with Crippen molar-refractivity contribution in [2.75, 3.05) is 0 Å². The first kappa shape index (κ1) is 29.0. The van der Waals surface area contributed by atoms with Crippen molar-refractivity contribution in [3.05, 3.63) is 48.6 Å². The molecule has 0 unspecified atom stereocenters. The molecule has 0 spiro atoms. The summed E-state index contributed by atoms with van der Waals surface area (Å²) in [5.74, 6) is 0. The Kier molecular flexibility index (Phi) is 23.8. The SMILES string of the molecule is C1=C\CCCCCC/C=C/CCCCCC/C=C/CCCCCC/C=C/CCCCCC/1. The van der Waals surface area contributed by atoms with Gasteiger partial charge in [-0.3, -0.25) is 0 Å². The summed E-state index contributed by atoms with van der Waals surface area (Å²) in [6, 6.07) is 0. The molecule has 0 heterocycles. The lowest BCUT2D eigenvalue weighted by atomic mass is 10.1. The van der Waals surface area contributed by atoms with Gasteiger partial charge in [-0.05, 0) is 103 Å². The molecule has 32 heavy (non-hydrogen) atoms. The highest BCUT2D eigenvalue weighted by Gasteiger charge is 1.92. The van der Waals surface area contributed by atoms with E-state index in [1.165, 1.54) is 154 Å². The Balaban J connectivity index is 2.13. The Labute approximate surface area is 202 Å². The van der Waals surface area contributed by atoms with Crippen LogP contribution in [0.15, 0.2) is 48.6 Å². The maximum atomic E-state index is 2.43. The van der Waals surface area contributed by atoms with E-state index in [1.807, 2.05) is 0 Å². The van der Waals surface area contributed by atoms with Crippen LogP contribution in [0.25, 0.3) is 0 Å². The molecule has 0 aliphatic heterocycles. The first-order valence-corrected chi connectivity index (χ1v) is 14.6. The van der Waals surface area contributed by atoms with Crippen LogP contribution in [0.4, 0.5) is 0 Å². The summed E-state index contributed by atoms with van der Waals surface area (Å²) in [7, 11) is 0. The zero-order valence-corrected chi connectivity index (χ0v) is 21.6. The van der Waals surface area contributed by atoms with Gasteiger partial charge in [0.25, 0.3) is 0 Å². The lowest BCUT2D eigenvalue weighted by Gasteiger charge is -2.00. The maximum Gasteiger partial charge on any atom is -0.0351 e. The van der Waals surface area contributed by atoms with Crippen molar-refractivity contribution in [1.82, 2.24) is 0 Å². The van der Waals surface area contributed by atoms with Crippen LogP contribution in [-0.4, -0.2) is 0 Å². The molecular weight excluding hydrogens is 384 g/mol. The number of hydrogen-bond acceptors (Lipinski definition) is 0. The van der Waals surface area contributed by atoms with Crippen molar-refractivity contribution in [2.24, 2.45) is 0 Å². The molecular formula is C32H56. The lowest BCUT2D eigenvalue weighted by Crippen LogP contribution is -1.80. The monoisotopic (exact) mass is 440 g/mol. The minimum atomic E-state index is 1.29. The number of rotatable bonds is 0. The van der Waals surface area contributed by atoms with E-state index in [1.54, 1.807) is 0 Å². The molecule has 0 atom stereocenters. The van der Waals surface area contributed by atoms with Crippen LogP contribution >= 0.6 is 0 Å². The standard InChI is InChI=1S/C32H56/c1-2-4-6-8-10-12-14-16-18-20-22-24-26-28-30-32-31-29-27-25-23-21-19-17-15-13-11-9-7-5-3-1/h1-2,15-18,31-32H,3-14,19-30H2/b2-1-,17-15+,18-16+,32-31+. The summed E-state index contributed by atoms with van der Waals surface area (Å²) in [4.78, 5) is 0. The van der Waals surface area contributed by atoms with E-state index in [9.17, 15) is 0 Å². The predicted octanol–water partition coefficient (Wildman–Crippen LogP) is 11.6. The van der Waals surface area contributed by atoms with Crippen molar-refractivity contribution in [3.63, 3.8) is 0 Å². The number of allylic oxidation sites excluding steroid dienone is 8. The first-order chi connectivity index (χ1) is 16.0. The molecule has 0 saturated heterocycles. The van der Waals surface area contributed by atoms with Crippen LogP contribution in [0.2, 0.25) is 0 Å². The van der Waals surface area contributed by atoms with Crippen LogP contribution in [0, 0.1) is 0 Å². The van der Waals surface area contributed by atoms with E-state index in [-0.39, 0.29) is 0 Å². The molecule has 0 radical (unpaired) electrons. The summed E-state index contributed by atoms with van der Waals surface area (Å²) in [6.07, 6.45) is 52.0. The number of hydrogen-bond donors (Lipinski definition) is 0. The van der Waals surface area contributed by atoms with Crippen LogP contribution in [0.1, 0.15) is 154 Å².